The molecule has 2 aromatic rings. The van der Waals surface area contributed by atoms with Crippen LogP contribution in [-0.2, 0) is 32.1 Å². The summed E-state index contributed by atoms with van der Waals surface area (Å²) in [6.07, 6.45) is 3.97. The molecule has 2 atom stereocenters. The van der Waals surface area contributed by atoms with Crippen LogP contribution in [0.5, 0.6) is 0 Å². The fourth-order valence-electron chi connectivity index (χ4n) is 3.74. The second-order valence-corrected chi connectivity index (χ2v) is 9.83. The largest absolute Gasteiger partial charge is 0.374 e. The van der Waals surface area contributed by atoms with Crippen molar-refractivity contribution in [2.24, 2.45) is 5.73 Å². The molecule has 200 valence electrons. The van der Waals surface area contributed by atoms with Crippen LogP contribution in [0.4, 0.5) is 0 Å². The quantitative estimate of drug-likeness (QED) is 0.405. The van der Waals surface area contributed by atoms with Gasteiger partial charge in [-0.15, -0.1) is 0 Å². The molecule has 0 saturated carbocycles. The van der Waals surface area contributed by atoms with Crippen LogP contribution < -0.4 is 11.1 Å². The van der Waals surface area contributed by atoms with Gasteiger partial charge in [0.15, 0.2) is 0 Å². The monoisotopic (exact) mass is 508 g/mol. The maximum atomic E-state index is 13.7. The molecular weight excluding hydrogens is 468 g/mol. The van der Waals surface area contributed by atoms with Crippen molar-refractivity contribution in [3.8, 4) is 0 Å². The number of carbonyl (C=O) groups is 3. The Labute approximate surface area is 220 Å². The average molecular weight is 509 g/mol. The maximum Gasteiger partial charge on any atom is 0.248 e. The Morgan fingerprint density at radius 2 is 1.51 bits per heavy atom. The number of benzene rings is 2. The number of ether oxygens (including phenoxy) is 1. The molecule has 8 heteroatoms. The summed E-state index contributed by atoms with van der Waals surface area (Å²) in [7, 11) is 4.69. The van der Waals surface area contributed by atoms with Crippen molar-refractivity contribution in [1.29, 1.82) is 0 Å². The molecule has 0 unspecified atom stereocenters. The first-order valence-electron chi connectivity index (χ1n) is 12.4. The van der Waals surface area contributed by atoms with E-state index in [-0.39, 0.29) is 30.9 Å². The molecule has 0 aromatic heterocycles. The Hall–Kier alpha value is -3.49. The number of hydrogen-bond donors (Lipinski definition) is 2. The highest BCUT2D eigenvalue weighted by Crippen LogP contribution is 2.14. The van der Waals surface area contributed by atoms with Gasteiger partial charge in [0.05, 0.1) is 13.2 Å². The van der Waals surface area contributed by atoms with E-state index in [4.69, 9.17) is 10.5 Å². The summed E-state index contributed by atoms with van der Waals surface area (Å²) in [6.45, 7) is 4.00. The summed E-state index contributed by atoms with van der Waals surface area (Å²) in [6, 6.07) is 17.4. The maximum absolute atomic E-state index is 13.7. The molecule has 0 aliphatic heterocycles. The normalized spacial score (nSPS) is 13.1. The van der Waals surface area contributed by atoms with Crippen molar-refractivity contribution < 1.29 is 19.1 Å². The number of amides is 3. The molecule has 0 fully saturated rings. The van der Waals surface area contributed by atoms with Crippen LogP contribution in [0.3, 0.4) is 0 Å². The molecule has 0 saturated heterocycles. The molecule has 0 aliphatic carbocycles. The predicted molar refractivity (Wildman–Crippen MR) is 145 cm³/mol. The number of likely N-dealkylation sites (N-methyl/N-ethyl adjacent to an activating group) is 3. The van der Waals surface area contributed by atoms with Crippen LogP contribution in [0.25, 0.3) is 0 Å². The summed E-state index contributed by atoms with van der Waals surface area (Å²) in [5.74, 6) is -1.03. The number of rotatable bonds is 13. The zero-order valence-corrected chi connectivity index (χ0v) is 22.5. The molecule has 8 nitrogen and oxygen atoms in total. The molecule has 0 spiro atoms. The van der Waals surface area contributed by atoms with Crippen LogP contribution in [-0.4, -0.2) is 72.9 Å². The first-order chi connectivity index (χ1) is 17.5. The topological polar surface area (TPSA) is 105 Å². The Bertz CT molecular complexity index is 1030. The van der Waals surface area contributed by atoms with Gasteiger partial charge in [0.2, 0.25) is 17.7 Å². The standard InChI is InChI=1S/C29H40N4O4/c1-29(2,30)18-12-17-26(34)32(4)25(21-37-20-23-15-10-7-11-16-23)28(36)33(5)24(27(35)31-3)19-22-13-8-6-9-14-22/h6-17,24-25H,18-21,30H2,1-5H3,(H,31,35)/b17-12+/t24-,25-/m1/s1. The molecular formula is C29H40N4O4. The summed E-state index contributed by atoms with van der Waals surface area (Å²) in [5.41, 5.74) is 7.43. The van der Waals surface area contributed by atoms with Gasteiger partial charge in [-0.2, -0.15) is 0 Å². The van der Waals surface area contributed by atoms with E-state index in [9.17, 15) is 14.4 Å². The van der Waals surface area contributed by atoms with Crippen molar-refractivity contribution in [3.63, 3.8) is 0 Å². The zero-order valence-electron chi connectivity index (χ0n) is 22.5. The molecule has 2 rings (SSSR count). The third kappa shape index (κ3) is 9.82. The third-order valence-electron chi connectivity index (χ3n) is 6.03. The molecule has 0 heterocycles. The number of nitrogens with zero attached hydrogens (tertiary/aromatic N) is 2. The van der Waals surface area contributed by atoms with E-state index in [0.29, 0.717) is 12.8 Å². The molecule has 0 aliphatic rings. The fraction of sp³-hybridized carbons (Fsp3) is 0.414. The van der Waals surface area contributed by atoms with Gasteiger partial charge in [0, 0.05) is 33.1 Å². The van der Waals surface area contributed by atoms with Crippen LogP contribution >= 0.6 is 0 Å². The Balaban J connectivity index is 2.25. The predicted octanol–water partition coefficient (Wildman–Crippen LogP) is 2.53. The Morgan fingerprint density at radius 1 is 0.946 bits per heavy atom. The fourth-order valence-corrected chi connectivity index (χ4v) is 3.74. The van der Waals surface area contributed by atoms with E-state index in [0.717, 1.165) is 11.1 Å². The van der Waals surface area contributed by atoms with Crippen molar-refractivity contribution in [2.45, 2.75) is 50.9 Å². The highest BCUT2D eigenvalue weighted by atomic mass is 16.5. The smallest absolute Gasteiger partial charge is 0.248 e. The lowest BCUT2D eigenvalue weighted by Crippen LogP contribution is -2.56. The van der Waals surface area contributed by atoms with Gasteiger partial charge in [-0.25, -0.2) is 0 Å². The van der Waals surface area contributed by atoms with Crippen LogP contribution in [0.1, 0.15) is 31.4 Å². The summed E-state index contributed by atoms with van der Waals surface area (Å²) >= 11 is 0. The zero-order chi connectivity index (χ0) is 27.4. The SMILES string of the molecule is CNC(=O)[C@@H](Cc1ccccc1)N(C)C(=O)[C@@H](COCc1ccccc1)N(C)C(=O)/C=C/CC(C)(C)N. The minimum absolute atomic E-state index is 0.0255. The molecule has 37 heavy (non-hydrogen) atoms. The second kappa shape index (κ2) is 14.3. The highest BCUT2D eigenvalue weighted by molar-refractivity contribution is 5.94. The lowest BCUT2D eigenvalue weighted by Gasteiger charge is -2.34. The first-order valence-corrected chi connectivity index (χ1v) is 12.4. The molecule has 0 bridgehead atoms. The van der Waals surface area contributed by atoms with Crippen molar-refractivity contribution >= 4 is 17.7 Å². The lowest BCUT2D eigenvalue weighted by molar-refractivity contribution is -0.148. The van der Waals surface area contributed by atoms with Gasteiger partial charge in [0.25, 0.3) is 0 Å². The summed E-state index contributed by atoms with van der Waals surface area (Å²) in [5, 5.41) is 2.65. The van der Waals surface area contributed by atoms with Crippen LogP contribution in [0, 0.1) is 0 Å². The van der Waals surface area contributed by atoms with E-state index in [1.807, 2.05) is 74.5 Å². The van der Waals surface area contributed by atoms with Gasteiger partial charge in [-0.3, -0.25) is 14.4 Å². The number of nitrogens with two attached hydrogens (primary N) is 1. The number of hydrogen-bond acceptors (Lipinski definition) is 5. The van der Waals surface area contributed by atoms with Crippen molar-refractivity contribution in [3.05, 3.63) is 83.9 Å². The average Bonchev–Trinajstić information content (AvgIpc) is 2.88. The summed E-state index contributed by atoms with van der Waals surface area (Å²) in [4.78, 5) is 42.3. The molecule has 3 amide bonds. The van der Waals surface area contributed by atoms with E-state index in [1.54, 1.807) is 27.2 Å². The summed E-state index contributed by atoms with van der Waals surface area (Å²) < 4.78 is 5.88. The minimum atomic E-state index is -0.931. The van der Waals surface area contributed by atoms with Crippen molar-refractivity contribution in [2.75, 3.05) is 27.7 Å². The van der Waals surface area contributed by atoms with E-state index in [1.165, 1.54) is 15.9 Å². The first kappa shape index (κ1) is 29.7. The Morgan fingerprint density at radius 3 is 2.05 bits per heavy atom. The van der Waals surface area contributed by atoms with Gasteiger partial charge in [-0.05, 0) is 37.5 Å². The van der Waals surface area contributed by atoms with Crippen LogP contribution in [0.15, 0.2) is 72.8 Å². The van der Waals surface area contributed by atoms with Gasteiger partial charge in [-0.1, -0.05) is 66.7 Å². The highest BCUT2D eigenvalue weighted by Gasteiger charge is 2.34. The third-order valence-corrected chi connectivity index (χ3v) is 6.03. The van der Waals surface area contributed by atoms with Crippen molar-refractivity contribution in [1.82, 2.24) is 15.1 Å². The van der Waals surface area contributed by atoms with Gasteiger partial charge in [0.1, 0.15) is 12.1 Å². The van der Waals surface area contributed by atoms with Gasteiger partial charge < -0.3 is 25.6 Å². The van der Waals surface area contributed by atoms with Gasteiger partial charge >= 0.3 is 0 Å². The minimum Gasteiger partial charge on any atom is -0.374 e. The second-order valence-electron chi connectivity index (χ2n) is 9.83. The van der Waals surface area contributed by atoms with E-state index < -0.39 is 17.6 Å². The molecule has 3 N–H and O–H groups in total. The lowest BCUT2D eigenvalue weighted by atomic mass is 10.0. The number of carbonyl (C=O) groups excluding carboxylic acids is 3. The molecule has 0 radical (unpaired) electrons. The Kier molecular flexibility index (Phi) is 11.5. The van der Waals surface area contributed by atoms with E-state index in [2.05, 4.69) is 5.32 Å². The van der Waals surface area contributed by atoms with Crippen LogP contribution in [0.2, 0.25) is 0 Å². The number of nitrogens with one attached hydrogen (secondary N) is 1. The van der Waals surface area contributed by atoms with E-state index >= 15 is 0 Å². The molecule has 2 aromatic carbocycles.